The summed E-state index contributed by atoms with van der Waals surface area (Å²) in [5.41, 5.74) is 2.73. The quantitative estimate of drug-likeness (QED) is 0.163. The van der Waals surface area contributed by atoms with Crippen LogP contribution in [0.25, 0.3) is 22.3 Å². The van der Waals surface area contributed by atoms with E-state index in [-0.39, 0.29) is 6.61 Å². The highest BCUT2D eigenvalue weighted by Crippen LogP contribution is 2.38. The van der Waals surface area contributed by atoms with Crippen molar-refractivity contribution in [3.8, 4) is 28.7 Å². The van der Waals surface area contributed by atoms with Gasteiger partial charge >= 0.3 is 0 Å². The first-order valence-corrected chi connectivity index (χ1v) is 14.5. The van der Waals surface area contributed by atoms with E-state index in [2.05, 4.69) is 15.6 Å². The van der Waals surface area contributed by atoms with E-state index in [4.69, 9.17) is 28.6 Å². The molecular formula is C31H37N5O7. The molecule has 2 aliphatic carbocycles. The fourth-order valence-electron chi connectivity index (χ4n) is 5.44. The van der Waals surface area contributed by atoms with E-state index in [0.29, 0.717) is 77.2 Å². The van der Waals surface area contributed by atoms with Crippen LogP contribution in [0.5, 0.6) is 17.4 Å². The summed E-state index contributed by atoms with van der Waals surface area (Å²) in [4.78, 5) is 13.9. The van der Waals surface area contributed by atoms with Crippen molar-refractivity contribution in [3.05, 3.63) is 47.8 Å². The molecule has 0 amide bonds. The zero-order valence-corrected chi connectivity index (χ0v) is 24.4. The second-order valence-electron chi connectivity index (χ2n) is 11.3. The molecule has 228 valence electrons. The number of ether oxygens (including phenoxy) is 3. The number of aliphatic hydroxyl groups excluding tert-OH is 3. The average Bonchev–Trinajstić information content (AvgIpc) is 3.70. The Labute approximate surface area is 249 Å². The molecule has 0 saturated heterocycles. The van der Waals surface area contributed by atoms with Crippen molar-refractivity contribution in [2.24, 2.45) is 11.8 Å². The maximum atomic E-state index is 10.8. The molecule has 5 N–H and O–H groups in total. The summed E-state index contributed by atoms with van der Waals surface area (Å²) in [5, 5.41) is 38.3. The van der Waals surface area contributed by atoms with Crippen LogP contribution >= 0.6 is 0 Å². The third-order valence-electron chi connectivity index (χ3n) is 8.10. The number of furan rings is 1. The predicted molar refractivity (Wildman–Crippen MR) is 159 cm³/mol. The van der Waals surface area contributed by atoms with Gasteiger partial charge in [-0.15, -0.1) is 0 Å². The minimum atomic E-state index is -1.09. The Kier molecular flexibility index (Phi) is 8.24. The van der Waals surface area contributed by atoms with E-state index in [1.807, 2.05) is 31.2 Å². The molecule has 6 rings (SSSR count). The number of methoxy groups -OCH3 is 2. The topological polar surface area (TPSA) is 164 Å². The predicted octanol–water partition coefficient (Wildman–Crippen LogP) is 3.53. The first-order valence-electron chi connectivity index (χ1n) is 14.5. The molecule has 1 aromatic carbocycles. The van der Waals surface area contributed by atoms with Gasteiger partial charge in [0.1, 0.15) is 29.2 Å². The largest absolute Gasteiger partial charge is 0.497 e. The molecule has 0 bridgehead atoms. The highest BCUT2D eigenvalue weighted by Gasteiger charge is 2.41. The fraction of sp³-hybridized carbons (Fsp3) is 0.452. The number of aryl methyl sites for hydroxylation is 1. The summed E-state index contributed by atoms with van der Waals surface area (Å²) >= 11 is 0. The third kappa shape index (κ3) is 6.31. The number of aromatic nitrogens is 3. The summed E-state index contributed by atoms with van der Waals surface area (Å²) in [6.45, 7) is 2.67. The second-order valence-corrected chi connectivity index (χ2v) is 11.3. The van der Waals surface area contributed by atoms with E-state index in [1.54, 1.807) is 26.5 Å². The average molecular weight is 592 g/mol. The lowest BCUT2D eigenvalue weighted by Crippen LogP contribution is -2.35. The van der Waals surface area contributed by atoms with Crippen molar-refractivity contribution in [2.75, 3.05) is 38.1 Å². The lowest BCUT2D eigenvalue weighted by molar-refractivity contribution is 0.00446. The Hall–Kier alpha value is -4.13. The molecular weight excluding hydrogens is 554 g/mol. The molecule has 0 spiro atoms. The van der Waals surface area contributed by atoms with E-state index in [9.17, 15) is 15.3 Å². The van der Waals surface area contributed by atoms with Crippen molar-refractivity contribution < 1.29 is 33.9 Å². The van der Waals surface area contributed by atoms with Crippen molar-refractivity contribution in [1.82, 2.24) is 15.0 Å². The molecule has 0 aliphatic heterocycles. The van der Waals surface area contributed by atoms with E-state index < -0.39 is 24.2 Å². The van der Waals surface area contributed by atoms with Crippen molar-refractivity contribution in [1.29, 1.82) is 0 Å². The summed E-state index contributed by atoms with van der Waals surface area (Å²) < 4.78 is 22.8. The molecule has 0 radical (unpaired) electrons. The zero-order valence-electron chi connectivity index (χ0n) is 24.4. The summed E-state index contributed by atoms with van der Waals surface area (Å²) in [5.74, 6) is 3.33. The normalized spacial score (nSPS) is 21.6. The van der Waals surface area contributed by atoms with Crippen LogP contribution < -0.4 is 24.8 Å². The minimum Gasteiger partial charge on any atom is -0.497 e. The lowest BCUT2D eigenvalue weighted by atomic mass is 10.1. The van der Waals surface area contributed by atoms with Crippen LogP contribution in [0.3, 0.4) is 0 Å². The molecule has 3 heterocycles. The molecule has 12 nitrogen and oxygen atoms in total. The smallest absolute Gasteiger partial charge is 0.225 e. The number of fused-ring (bicyclic) bond motifs is 1. The molecule has 43 heavy (non-hydrogen) atoms. The number of benzene rings is 1. The number of rotatable bonds is 12. The van der Waals surface area contributed by atoms with E-state index in [0.717, 1.165) is 10.9 Å². The Bertz CT molecular complexity index is 1570. The number of pyridine rings is 1. The highest BCUT2D eigenvalue weighted by molar-refractivity contribution is 5.86. The van der Waals surface area contributed by atoms with Gasteiger partial charge in [-0.1, -0.05) is 0 Å². The first-order chi connectivity index (χ1) is 20.8. The van der Waals surface area contributed by atoms with Gasteiger partial charge in [0.15, 0.2) is 5.58 Å². The number of nitrogens with zero attached hydrogens (tertiary/aromatic N) is 3. The second kappa shape index (κ2) is 12.2. The van der Waals surface area contributed by atoms with Crippen molar-refractivity contribution in [3.63, 3.8) is 0 Å². The maximum absolute atomic E-state index is 10.8. The maximum Gasteiger partial charge on any atom is 0.225 e. The van der Waals surface area contributed by atoms with Crippen molar-refractivity contribution >= 4 is 22.7 Å². The van der Waals surface area contributed by atoms with Crippen LogP contribution in [0.2, 0.25) is 0 Å². The van der Waals surface area contributed by atoms with Gasteiger partial charge in [-0.25, -0.2) is 9.97 Å². The molecule has 2 saturated carbocycles. The van der Waals surface area contributed by atoms with Gasteiger partial charge in [-0.2, -0.15) is 4.98 Å². The van der Waals surface area contributed by atoms with Gasteiger partial charge in [-0.3, -0.25) is 0 Å². The van der Waals surface area contributed by atoms with Crippen molar-refractivity contribution in [2.45, 2.75) is 51.0 Å². The Morgan fingerprint density at radius 3 is 2.44 bits per heavy atom. The number of anilines is 2. The fourth-order valence-corrected chi connectivity index (χ4v) is 5.44. The standard InChI is InChI=1S/C31H37N5O7/c1-16-27(24-9-19-10-26(32-13-25(19)43-24)42-15-17-4-5-17)30(35-23-8-20(14-37)28(38)29(23)39)36-31(34-16)33-12-18-6-21(40-2)11-22(7-18)41-3/h6-7,9-11,13,17,20,23,28-29,37-39H,4-5,8,12,14-15H2,1-3H3,(H2,33,34,35,36). The van der Waals surface area contributed by atoms with Gasteiger partial charge in [-0.05, 0) is 55.9 Å². The summed E-state index contributed by atoms with van der Waals surface area (Å²) in [7, 11) is 3.20. The van der Waals surface area contributed by atoms with Crippen LogP contribution in [0.1, 0.15) is 30.5 Å². The Morgan fingerprint density at radius 1 is 1.00 bits per heavy atom. The van der Waals surface area contributed by atoms with Crippen LogP contribution in [0.4, 0.5) is 11.8 Å². The Balaban J connectivity index is 1.32. The van der Waals surface area contributed by atoms with E-state index in [1.165, 1.54) is 12.8 Å². The molecule has 2 fully saturated rings. The van der Waals surface area contributed by atoms with Gasteiger partial charge in [0.05, 0.1) is 50.4 Å². The molecule has 4 atom stereocenters. The molecule has 4 aromatic rings. The van der Waals surface area contributed by atoms with Crippen LogP contribution in [0.15, 0.2) is 40.9 Å². The third-order valence-corrected chi connectivity index (χ3v) is 8.10. The van der Waals surface area contributed by atoms with Gasteiger partial charge in [0, 0.05) is 36.6 Å². The first kappa shape index (κ1) is 29.0. The molecule has 4 unspecified atom stereocenters. The number of aliphatic hydroxyl groups is 3. The lowest BCUT2D eigenvalue weighted by Gasteiger charge is -2.21. The monoisotopic (exact) mass is 591 g/mol. The molecule has 12 heteroatoms. The number of hydrogen-bond donors (Lipinski definition) is 5. The Morgan fingerprint density at radius 2 is 1.77 bits per heavy atom. The molecule has 2 aliphatic rings. The number of nitrogens with one attached hydrogen (secondary N) is 2. The van der Waals surface area contributed by atoms with Gasteiger partial charge in [0.25, 0.3) is 0 Å². The van der Waals surface area contributed by atoms with Gasteiger partial charge in [0.2, 0.25) is 11.8 Å². The number of hydrogen-bond acceptors (Lipinski definition) is 12. The van der Waals surface area contributed by atoms with Crippen LogP contribution in [-0.4, -0.2) is 76.0 Å². The van der Waals surface area contributed by atoms with E-state index >= 15 is 0 Å². The summed E-state index contributed by atoms with van der Waals surface area (Å²) in [6, 6.07) is 8.79. The highest BCUT2D eigenvalue weighted by atomic mass is 16.5. The minimum absolute atomic E-state index is 0.232. The summed E-state index contributed by atoms with van der Waals surface area (Å²) in [6.07, 6.45) is 2.24. The van der Waals surface area contributed by atoms with Gasteiger partial charge < -0.3 is 44.6 Å². The molecule has 3 aromatic heterocycles. The zero-order chi connectivity index (χ0) is 30.1. The van der Waals surface area contributed by atoms with Crippen LogP contribution in [-0.2, 0) is 6.54 Å². The van der Waals surface area contributed by atoms with Crippen LogP contribution in [0, 0.1) is 18.8 Å². The SMILES string of the molecule is COc1cc(CNc2nc(C)c(-c3cc4cc(OCC5CC5)ncc4o3)c(NC3CC(CO)C(O)C3O)n2)cc(OC)c1.